The van der Waals surface area contributed by atoms with Gasteiger partial charge in [-0.05, 0) is 84.5 Å². The summed E-state index contributed by atoms with van der Waals surface area (Å²) in [5.41, 5.74) is 12.5. The molecule has 2 aliphatic carbocycles. The molecule has 0 amide bonds. The molecule has 2 atom stereocenters. The summed E-state index contributed by atoms with van der Waals surface area (Å²) in [5.74, 6) is 0. The summed E-state index contributed by atoms with van der Waals surface area (Å²) in [4.78, 5) is 2.58. The van der Waals surface area contributed by atoms with Gasteiger partial charge in [-0.2, -0.15) is 10.5 Å². The molecular weight excluding hydrogens is 597 g/mol. The Morgan fingerprint density at radius 1 is 0.714 bits per heavy atom. The summed E-state index contributed by atoms with van der Waals surface area (Å²) in [6.45, 7) is 2.37. The van der Waals surface area contributed by atoms with Crippen molar-refractivity contribution in [1.29, 1.82) is 10.5 Å². The lowest BCUT2D eigenvalue weighted by molar-refractivity contribution is 0.484. The minimum absolute atomic E-state index is 0.0542. The quantitative estimate of drug-likeness (QED) is 0.195. The van der Waals surface area contributed by atoms with Crippen molar-refractivity contribution in [3.05, 3.63) is 168 Å². The van der Waals surface area contributed by atoms with Gasteiger partial charge in [-0.15, -0.1) is 0 Å². The summed E-state index contributed by atoms with van der Waals surface area (Å²) in [6.07, 6.45) is 15.9. The zero-order chi connectivity index (χ0) is 33.1. The largest absolute Gasteiger partial charge is 0.336 e. The van der Waals surface area contributed by atoms with Crippen LogP contribution in [0.4, 0.5) is 5.69 Å². The molecule has 0 radical (unpaired) electrons. The molecule has 0 spiro atoms. The molecule has 0 bridgehead atoms. The first kappa shape index (κ1) is 28.8. The molecule has 0 fully saturated rings. The van der Waals surface area contributed by atoms with E-state index in [9.17, 15) is 10.5 Å². The Kier molecular flexibility index (Phi) is 6.54. The van der Waals surface area contributed by atoms with Gasteiger partial charge in [-0.3, -0.25) is 0 Å². The second-order valence-corrected chi connectivity index (χ2v) is 13.3. The highest BCUT2D eigenvalue weighted by molar-refractivity contribution is 6.09. The van der Waals surface area contributed by atoms with E-state index in [-0.39, 0.29) is 11.5 Å². The van der Waals surface area contributed by atoms with Gasteiger partial charge in [0, 0.05) is 33.1 Å². The van der Waals surface area contributed by atoms with Gasteiger partial charge in [0.25, 0.3) is 0 Å². The zero-order valence-corrected chi connectivity index (χ0v) is 27.1. The maximum absolute atomic E-state index is 10.4. The summed E-state index contributed by atoms with van der Waals surface area (Å²) in [5, 5.41) is 22.0. The summed E-state index contributed by atoms with van der Waals surface area (Å²) in [7, 11) is 0. The fourth-order valence-corrected chi connectivity index (χ4v) is 8.25. The van der Waals surface area contributed by atoms with Crippen molar-refractivity contribution in [3.63, 3.8) is 0 Å². The maximum Gasteiger partial charge on any atom is 0.101 e. The first-order valence-corrected chi connectivity index (χ1v) is 16.8. The summed E-state index contributed by atoms with van der Waals surface area (Å²) >= 11 is 0. The van der Waals surface area contributed by atoms with Crippen molar-refractivity contribution in [2.24, 2.45) is 5.41 Å². The topological polar surface area (TPSA) is 55.8 Å². The van der Waals surface area contributed by atoms with Gasteiger partial charge in [0.1, 0.15) is 6.07 Å². The van der Waals surface area contributed by atoms with E-state index < -0.39 is 0 Å². The Morgan fingerprint density at radius 2 is 1.49 bits per heavy atom. The van der Waals surface area contributed by atoms with E-state index in [1.165, 1.54) is 22.5 Å². The van der Waals surface area contributed by atoms with E-state index in [4.69, 9.17) is 0 Å². The van der Waals surface area contributed by atoms with E-state index >= 15 is 0 Å². The normalized spacial score (nSPS) is 19.2. The molecule has 0 saturated heterocycles. The highest BCUT2D eigenvalue weighted by atomic mass is 15.2. The second-order valence-electron chi connectivity index (χ2n) is 13.3. The molecule has 232 valence electrons. The van der Waals surface area contributed by atoms with Crippen molar-refractivity contribution in [1.82, 2.24) is 4.57 Å². The molecule has 49 heavy (non-hydrogen) atoms. The minimum Gasteiger partial charge on any atom is -0.336 e. The molecule has 4 nitrogen and oxygen atoms in total. The van der Waals surface area contributed by atoms with Crippen molar-refractivity contribution >= 4 is 27.5 Å². The van der Waals surface area contributed by atoms with Crippen LogP contribution in [-0.2, 0) is 0 Å². The molecule has 0 saturated carbocycles. The van der Waals surface area contributed by atoms with Gasteiger partial charge in [0.15, 0.2) is 0 Å². The van der Waals surface area contributed by atoms with E-state index in [1.54, 1.807) is 0 Å². The smallest absolute Gasteiger partial charge is 0.101 e. The monoisotopic (exact) mass is 628 g/mol. The molecule has 6 aromatic rings. The van der Waals surface area contributed by atoms with E-state index in [0.29, 0.717) is 11.1 Å². The first-order valence-electron chi connectivity index (χ1n) is 16.8. The van der Waals surface area contributed by atoms with Crippen molar-refractivity contribution < 1.29 is 0 Å². The van der Waals surface area contributed by atoms with Crippen LogP contribution in [0.3, 0.4) is 0 Å². The average molecular weight is 629 g/mol. The molecule has 2 unspecified atom stereocenters. The third-order valence-electron chi connectivity index (χ3n) is 10.6. The number of fused-ring (bicyclic) bond motifs is 5. The third kappa shape index (κ3) is 4.35. The number of hydrogen-bond acceptors (Lipinski definition) is 3. The Bertz CT molecular complexity index is 2540. The van der Waals surface area contributed by atoms with E-state index in [2.05, 4.69) is 132 Å². The third-order valence-corrected chi connectivity index (χ3v) is 10.6. The summed E-state index contributed by atoms with van der Waals surface area (Å²) in [6, 6.07) is 42.5. The van der Waals surface area contributed by atoms with Crippen LogP contribution >= 0.6 is 0 Å². The zero-order valence-electron chi connectivity index (χ0n) is 27.1. The number of para-hydroxylation sites is 2. The van der Waals surface area contributed by atoms with Crippen LogP contribution in [0.1, 0.15) is 30.9 Å². The molecule has 1 aromatic heterocycles. The number of rotatable bonds is 4. The van der Waals surface area contributed by atoms with Gasteiger partial charge >= 0.3 is 0 Å². The van der Waals surface area contributed by atoms with Crippen LogP contribution in [0.2, 0.25) is 0 Å². The van der Waals surface area contributed by atoms with Gasteiger partial charge in [0.2, 0.25) is 0 Å². The van der Waals surface area contributed by atoms with Crippen LogP contribution < -0.4 is 4.90 Å². The number of nitrogens with zero attached hydrogens (tertiary/aromatic N) is 4. The second kappa shape index (κ2) is 11.1. The lowest BCUT2D eigenvalue weighted by atomic mass is 9.74. The fourth-order valence-electron chi connectivity index (χ4n) is 8.25. The summed E-state index contributed by atoms with van der Waals surface area (Å²) < 4.78 is 2.14. The molecule has 5 aromatic carbocycles. The van der Waals surface area contributed by atoms with Crippen molar-refractivity contribution in [3.8, 4) is 40.1 Å². The SMILES string of the molecule is CC12C=CC=CC1N(c1ccccc1-c1ccc(-c3ccc(-n4c5ccccc5c5cc(C#N)ccc54)c(C#N)c3)cc1)C1=C2C=CCC1. The fraction of sp³-hybridized carbons (Fsp3) is 0.111. The van der Waals surface area contributed by atoms with Crippen LogP contribution in [0.25, 0.3) is 49.7 Å². The van der Waals surface area contributed by atoms with Crippen molar-refractivity contribution in [2.75, 3.05) is 4.90 Å². The number of benzene rings is 5. The highest BCUT2D eigenvalue weighted by Gasteiger charge is 2.47. The minimum atomic E-state index is -0.0542. The molecule has 4 heteroatoms. The van der Waals surface area contributed by atoms with Crippen LogP contribution in [0.15, 0.2) is 157 Å². The maximum atomic E-state index is 10.4. The van der Waals surface area contributed by atoms with Crippen LogP contribution in [0.5, 0.6) is 0 Å². The van der Waals surface area contributed by atoms with E-state index in [1.807, 2.05) is 42.5 Å². The lowest BCUT2D eigenvalue weighted by Crippen LogP contribution is -2.39. The Balaban J connectivity index is 1.09. The van der Waals surface area contributed by atoms with E-state index in [0.717, 1.165) is 57.0 Å². The molecule has 9 rings (SSSR count). The number of allylic oxidation sites excluding steroid dienone is 5. The first-order chi connectivity index (χ1) is 24.1. The molecule has 3 aliphatic rings. The molecular formula is C45H32N4. The Labute approximate surface area is 286 Å². The average Bonchev–Trinajstić information content (AvgIpc) is 3.63. The van der Waals surface area contributed by atoms with Crippen LogP contribution in [-0.4, -0.2) is 10.6 Å². The Hall–Kier alpha value is -6.36. The van der Waals surface area contributed by atoms with Gasteiger partial charge in [-0.25, -0.2) is 0 Å². The standard InChI is InChI=1S/C45H32N4/c1-45-25-9-8-16-44(45)49(43-15-7-4-12-38(43)45)40-13-5-2-10-35(40)32-20-18-31(19-21-32)33-22-24-39(34(27-33)29-47)48-41-14-6-3-11-36(41)37-26-30(28-46)17-23-42(37)48/h2-6,8-14,16-27,44H,7,15H2,1H3. The van der Waals surface area contributed by atoms with Gasteiger partial charge in [-0.1, -0.05) is 103 Å². The lowest BCUT2D eigenvalue weighted by Gasteiger charge is -2.37. The highest BCUT2D eigenvalue weighted by Crippen LogP contribution is 2.53. The van der Waals surface area contributed by atoms with Gasteiger partial charge < -0.3 is 9.47 Å². The number of nitriles is 2. The predicted octanol–water partition coefficient (Wildman–Crippen LogP) is 10.8. The van der Waals surface area contributed by atoms with Gasteiger partial charge in [0.05, 0.1) is 40.0 Å². The number of hydrogen-bond donors (Lipinski definition) is 0. The van der Waals surface area contributed by atoms with Crippen LogP contribution in [0, 0.1) is 28.1 Å². The molecule has 2 heterocycles. The number of anilines is 1. The number of aromatic nitrogens is 1. The Morgan fingerprint density at radius 3 is 2.35 bits per heavy atom. The molecule has 0 N–H and O–H groups in total. The molecule has 1 aliphatic heterocycles. The predicted molar refractivity (Wildman–Crippen MR) is 199 cm³/mol. The van der Waals surface area contributed by atoms with Crippen molar-refractivity contribution in [2.45, 2.75) is 25.8 Å².